The first-order chi connectivity index (χ1) is 10.0. The van der Waals surface area contributed by atoms with Crippen molar-refractivity contribution in [3.8, 4) is 0 Å². The molecule has 0 aliphatic carbocycles. The highest BCUT2D eigenvalue weighted by Crippen LogP contribution is 2.21. The van der Waals surface area contributed by atoms with E-state index in [1.807, 2.05) is 30.3 Å². The molecule has 1 fully saturated rings. The van der Waals surface area contributed by atoms with Crippen LogP contribution < -0.4 is 0 Å². The topological polar surface area (TPSA) is 66.8 Å². The van der Waals surface area contributed by atoms with Crippen molar-refractivity contribution < 1.29 is 19.4 Å². The minimum atomic E-state index is -0.747. The minimum Gasteiger partial charge on any atom is -0.447 e. The fourth-order valence-corrected chi connectivity index (χ4v) is 2.50. The number of aliphatic hydroxyl groups is 1. The van der Waals surface area contributed by atoms with E-state index in [2.05, 4.69) is 0 Å². The van der Waals surface area contributed by atoms with Crippen LogP contribution in [0.3, 0.4) is 0 Å². The van der Waals surface area contributed by atoms with Gasteiger partial charge in [-0.15, -0.1) is 0 Å². The SMILES string of the molecule is CCC(O)C(C)C(=O)N1C(=O)OCC1Cc1ccccc1. The maximum atomic E-state index is 12.4. The second kappa shape index (κ2) is 6.72. The number of ether oxygens (including phenoxy) is 1. The van der Waals surface area contributed by atoms with Gasteiger partial charge >= 0.3 is 6.09 Å². The molecule has 21 heavy (non-hydrogen) atoms. The zero-order chi connectivity index (χ0) is 15.4. The molecule has 1 N–H and O–H groups in total. The minimum absolute atomic E-state index is 0.203. The molecule has 1 heterocycles. The summed E-state index contributed by atoms with van der Waals surface area (Å²) in [5, 5.41) is 9.82. The molecular weight excluding hydrogens is 270 g/mol. The number of cyclic esters (lactones) is 1. The average molecular weight is 291 g/mol. The molecule has 2 amide bonds. The van der Waals surface area contributed by atoms with E-state index < -0.39 is 18.1 Å². The lowest BCUT2D eigenvalue weighted by molar-refractivity contribution is -0.136. The van der Waals surface area contributed by atoms with E-state index in [1.165, 1.54) is 0 Å². The molecule has 1 aromatic rings. The Hall–Kier alpha value is -1.88. The Balaban J connectivity index is 2.11. The molecule has 0 spiro atoms. The molecule has 0 aromatic heterocycles. The Kier molecular flexibility index (Phi) is 4.96. The molecule has 2 rings (SSSR count). The lowest BCUT2D eigenvalue weighted by Gasteiger charge is -2.25. The van der Waals surface area contributed by atoms with Crippen molar-refractivity contribution >= 4 is 12.0 Å². The van der Waals surface area contributed by atoms with Crippen LogP contribution in [-0.4, -0.2) is 40.8 Å². The van der Waals surface area contributed by atoms with Crippen LogP contribution in [-0.2, 0) is 16.0 Å². The molecule has 0 radical (unpaired) electrons. The predicted octanol–water partition coefficient (Wildman–Crippen LogP) is 1.98. The van der Waals surface area contributed by atoms with Crippen LogP contribution in [0.15, 0.2) is 30.3 Å². The fourth-order valence-electron chi connectivity index (χ4n) is 2.50. The van der Waals surface area contributed by atoms with Crippen LogP contribution in [0.5, 0.6) is 0 Å². The molecule has 3 atom stereocenters. The Bertz CT molecular complexity index is 502. The molecule has 5 heteroatoms. The number of nitrogens with zero attached hydrogens (tertiary/aromatic N) is 1. The summed E-state index contributed by atoms with van der Waals surface area (Å²) in [6, 6.07) is 9.36. The molecule has 5 nitrogen and oxygen atoms in total. The number of carbonyl (C=O) groups excluding carboxylic acids is 2. The molecule has 1 aromatic carbocycles. The quantitative estimate of drug-likeness (QED) is 0.901. The summed E-state index contributed by atoms with van der Waals surface area (Å²) in [5.41, 5.74) is 1.04. The molecule has 0 bridgehead atoms. The van der Waals surface area contributed by atoms with E-state index in [1.54, 1.807) is 13.8 Å². The summed E-state index contributed by atoms with van der Waals surface area (Å²) >= 11 is 0. The van der Waals surface area contributed by atoms with Crippen molar-refractivity contribution in [1.29, 1.82) is 0 Å². The maximum Gasteiger partial charge on any atom is 0.416 e. The second-order valence-corrected chi connectivity index (χ2v) is 5.39. The number of hydrogen-bond acceptors (Lipinski definition) is 4. The number of carbonyl (C=O) groups is 2. The third-order valence-electron chi connectivity index (χ3n) is 3.90. The van der Waals surface area contributed by atoms with E-state index in [9.17, 15) is 14.7 Å². The van der Waals surface area contributed by atoms with Gasteiger partial charge in [-0.2, -0.15) is 0 Å². The van der Waals surface area contributed by atoms with Gasteiger partial charge in [0.25, 0.3) is 0 Å². The molecule has 1 saturated heterocycles. The van der Waals surface area contributed by atoms with Gasteiger partial charge in [0.15, 0.2) is 0 Å². The van der Waals surface area contributed by atoms with Gasteiger partial charge in [0.2, 0.25) is 5.91 Å². The first-order valence-corrected chi connectivity index (χ1v) is 7.26. The summed E-state index contributed by atoms with van der Waals surface area (Å²) in [5.74, 6) is -0.980. The molecule has 1 aliphatic heterocycles. The van der Waals surface area contributed by atoms with Crippen molar-refractivity contribution in [1.82, 2.24) is 4.90 Å². The largest absolute Gasteiger partial charge is 0.447 e. The van der Waals surface area contributed by atoms with E-state index in [4.69, 9.17) is 4.74 Å². The summed E-state index contributed by atoms with van der Waals surface area (Å²) in [6.07, 6.45) is -0.328. The van der Waals surface area contributed by atoms with Crippen LogP contribution >= 0.6 is 0 Å². The number of hydrogen-bond donors (Lipinski definition) is 1. The Morgan fingerprint density at radius 1 is 1.43 bits per heavy atom. The van der Waals surface area contributed by atoms with Gasteiger partial charge in [-0.05, 0) is 18.4 Å². The van der Waals surface area contributed by atoms with E-state index >= 15 is 0 Å². The van der Waals surface area contributed by atoms with E-state index in [0.29, 0.717) is 12.8 Å². The van der Waals surface area contributed by atoms with Gasteiger partial charge in [-0.3, -0.25) is 4.79 Å². The molecule has 1 aliphatic rings. The van der Waals surface area contributed by atoms with Gasteiger partial charge in [-0.1, -0.05) is 44.2 Å². The number of rotatable bonds is 5. The highest BCUT2D eigenvalue weighted by atomic mass is 16.6. The summed E-state index contributed by atoms with van der Waals surface area (Å²) < 4.78 is 5.02. The lowest BCUT2D eigenvalue weighted by atomic mass is 9.99. The first kappa shape index (κ1) is 15.5. The molecule has 3 unspecified atom stereocenters. The number of benzene rings is 1. The van der Waals surface area contributed by atoms with Gasteiger partial charge < -0.3 is 9.84 Å². The van der Waals surface area contributed by atoms with Crippen LogP contribution in [0.4, 0.5) is 4.79 Å². The first-order valence-electron chi connectivity index (χ1n) is 7.26. The third-order valence-corrected chi connectivity index (χ3v) is 3.90. The maximum absolute atomic E-state index is 12.4. The van der Waals surface area contributed by atoms with Crippen LogP contribution in [0.25, 0.3) is 0 Å². The smallest absolute Gasteiger partial charge is 0.416 e. The van der Waals surface area contributed by atoms with Gasteiger partial charge in [0, 0.05) is 0 Å². The van der Waals surface area contributed by atoms with Crippen molar-refractivity contribution in [3.05, 3.63) is 35.9 Å². The second-order valence-electron chi connectivity index (χ2n) is 5.39. The fraction of sp³-hybridized carbons (Fsp3) is 0.500. The highest BCUT2D eigenvalue weighted by molar-refractivity contribution is 5.94. The Morgan fingerprint density at radius 2 is 2.10 bits per heavy atom. The van der Waals surface area contributed by atoms with Crippen molar-refractivity contribution in [3.63, 3.8) is 0 Å². The highest BCUT2D eigenvalue weighted by Gasteiger charge is 2.40. The van der Waals surface area contributed by atoms with Crippen LogP contribution in [0.2, 0.25) is 0 Å². The van der Waals surface area contributed by atoms with Crippen molar-refractivity contribution in [2.24, 2.45) is 5.92 Å². The van der Waals surface area contributed by atoms with Crippen LogP contribution in [0, 0.1) is 5.92 Å². The zero-order valence-electron chi connectivity index (χ0n) is 12.4. The number of amides is 2. The molecule has 0 saturated carbocycles. The van der Waals surface area contributed by atoms with Crippen LogP contribution in [0.1, 0.15) is 25.8 Å². The lowest BCUT2D eigenvalue weighted by Crippen LogP contribution is -2.45. The van der Waals surface area contributed by atoms with Gasteiger partial charge in [-0.25, -0.2) is 9.69 Å². The van der Waals surface area contributed by atoms with Crippen molar-refractivity contribution in [2.45, 2.75) is 38.8 Å². The number of imide groups is 1. The Morgan fingerprint density at radius 3 is 2.71 bits per heavy atom. The average Bonchev–Trinajstić information content (AvgIpc) is 2.86. The summed E-state index contributed by atoms with van der Waals surface area (Å²) in [4.78, 5) is 25.4. The zero-order valence-corrected chi connectivity index (χ0v) is 12.4. The summed E-state index contributed by atoms with van der Waals surface area (Å²) in [7, 11) is 0. The summed E-state index contributed by atoms with van der Waals surface area (Å²) in [6.45, 7) is 3.65. The van der Waals surface area contributed by atoms with E-state index in [0.717, 1.165) is 10.5 Å². The van der Waals surface area contributed by atoms with Gasteiger partial charge in [0.05, 0.1) is 18.1 Å². The Labute approximate surface area is 124 Å². The molecule has 114 valence electrons. The third kappa shape index (κ3) is 3.42. The monoisotopic (exact) mass is 291 g/mol. The van der Waals surface area contributed by atoms with Gasteiger partial charge in [0.1, 0.15) is 6.61 Å². The normalized spacial score (nSPS) is 21.0. The van der Waals surface area contributed by atoms with Crippen molar-refractivity contribution in [2.75, 3.05) is 6.61 Å². The standard InChI is InChI=1S/C16H21NO4/c1-3-14(18)11(2)15(19)17-13(10-21-16(17)20)9-12-7-5-4-6-8-12/h4-8,11,13-14,18H,3,9-10H2,1-2H3. The number of aliphatic hydroxyl groups excluding tert-OH is 1. The van der Waals surface area contributed by atoms with E-state index in [-0.39, 0.29) is 18.6 Å². The predicted molar refractivity (Wildman–Crippen MR) is 77.6 cm³/mol. The molecular formula is C16H21NO4.